The number of ketones is 1. The highest BCUT2D eigenvalue weighted by molar-refractivity contribution is 5.84. The summed E-state index contributed by atoms with van der Waals surface area (Å²) in [5.74, 6) is -2.90. The Kier molecular flexibility index (Phi) is 7.76. The molecule has 1 aromatic heterocycles. The summed E-state index contributed by atoms with van der Waals surface area (Å²) in [6.45, 7) is -1.02. The Hall–Kier alpha value is -3.32. The zero-order chi connectivity index (χ0) is 24.1. The molecule has 178 valence electrons. The van der Waals surface area contributed by atoms with Crippen molar-refractivity contribution in [1.82, 2.24) is 15.0 Å². The van der Waals surface area contributed by atoms with E-state index < -0.39 is 54.5 Å². The minimum absolute atomic E-state index is 0.201. The fourth-order valence-corrected chi connectivity index (χ4v) is 3.53. The monoisotopic (exact) mass is 463 g/mol. The highest BCUT2D eigenvalue weighted by Gasteiger charge is 2.43. The van der Waals surface area contributed by atoms with Crippen molar-refractivity contribution in [3.05, 3.63) is 42.3 Å². The average molecular weight is 463 g/mol. The molecule has 3 unspecified atom stereocenters. The predicted octanol–water partition coefficient (Wildman–Crippen LogP) is -1.03. The lowest BCUT2D eigenvalue weighted by Gasteiger charge is -2.37. The van der Waals surface area contributed by atoms with Gasteiger partial charge in [0.05, 0.1) is 26.0 Å². The van der Waals surface area contributed by atoms with E-state index in [2.05, 4.69) is 10.3 Å². The van der Waals surface area contributed by atoms with E-state index in [0.29, 0.717) is 11.4 Å². The SMILES string of the molecule is COc1ccc(-c2cn(CC(=O)C[C@H]3C(C(O)C(O)CO)OC(C(=O)O)=C[C@H]3O)nn2)cc1. The van der Waals surface area contributed by atoms with E-state index in [1.54, 1.807) is 37.6 Å². The minimum atomic E-state index is -1.74. The summed E-state index contributed by atoms with van der Waals surface area (Å²) >= 11 is 0. The molecule has 1 aliphatic heterocycles. The predicted molar refractivity (Wildman–Crippen MR) is 111 cm³/mol. The number of benzene rings is 1. The zero-order valence-corrected chi connectivity index (χ0v) is 17.7. The van der Waals surface area contributed by atoms with Crippen molar-refractivity contribution in [2.45, 2.75) is 37.4 Å². The number of carboxylic acids is 1. The maximum absolute atomic E-state index is 12.7. The van der Waals surface area contributed by atoms with Crippen LogP contribution in [0.2, 0.25) is 0 Å². The number of Topliss-reactive ketones (excluding diaryl/α,β-unsaturated/α-hetero) is 1. The number of methoxy groups -OCH3 is 1. The number of hydrogen-bond donors (Lipinski definition) is 5. The van der Waals surface area contributed by atoms with Crippen LogP contribution in [0.5, 0.6) is 5.75 Å². The van der Waals surface area contributed by atoms with Gasteiger partial charge in [0, 0.05) is 17.9 Å². The normalized spacial score (nSPS) is 22.1. The highest BCUT2D eigenvalue weighted by atomic mass is 16.5. The molecule has 33 heavy (non-hydrogen) atoms. The number of carboxylic acid groups (broad SMARTS) is 1. The Labute approximate surface area is 188 Å². The van der Waals surface area contributed by atoms with Crippen molar-refractivity contribution in [1.29, 1.82) is 0 Å². The van der Waals surface area contributed by atoms with Crippen LogP contribution in [0.15, 0.2) is 42.3 Å². The minimum Gasteiger partial charge on any atom is -0.497 e. The summed E-state index contributed by atoms with van der Waals surface area (Å²) in [5.41, 5.74) is 1.29. The van der Waals surface area contributed by atoms with Gasteiger partial charge in [-0.15, -0.1) is 5.10 Å². The number of ether oxygens (including phenoxy) is 2. The average Bonchev–Trinajstić information content (AvgIpc) is 3.27. The van der Waals surface area contributed by atoms with Crippen molar-refractivity contribution in [3.8, 4) is 17.0 Å². The Bertz CT molecular complexity index is 1000. The van der Waals surface area contributed by atoms with Gasteiger partial charge in [-0.05, 0) is 30.3 Å². The molecule has 0 amide bonds. The number of aliphatic carboxylic acids is 1. The van der Waals surface area contributed by atoms with E-state index in [4.69, 9.17) is 19.7 Å². The number of aliphatic hydroxyl groups is 4. The van der Waals surface area contributed by atoms with Crippen LogP contribution >= 0.6 is 0 Å². The summed E-state index contributed by atoms with van der Waals surface area (Å²) < 4.78 is 11.7. The largest absolute Gasteiger partial charge is 0.497 e. The summed E-state index contributed by atoms with van der Waals surface area (Å²) in [5, 5.41) is 56.7. The molecule has 1 aliphatic rings. The van der Waals surface area contributed by atoms with Crippen molar-refractivity contribution < 1.29 is 44.6 Å². The molecular weight excluding hydrogens is 438 g/mol. The topological polar surface area (TPSA) is 184 Å². The second-order valence-electron chi connectivity index (χ2n) is 7.59. The number of carbonyl (C=O) groups is 2. The molecule has 0 radical (unpaired) electrons. The van der Waals surface area contributed by atoms with E-state index in [-0.39, 0.29) is 13.0 Å². The second kappa shape index (κ2) is 10.5. The van der Waals surface area contributed by atoms with Crippen molar-refractivity contribution >= 4 is 11.8 Å². The smallest absolute Gasteiger partial charge is 0.370 e. The molecule has 0 saturated heterocycles. The van der Waals surface area contributed by atoms with Crippen LogP contribution in [-0.2, 0) is 20.9 Å². The molecular formula is C21H25N3O9. The first-order valence-corrected chi connectivity index (χ1v) is 10.1. The molecule has 0 saturated carbocycles. The molecule has 12 nitrogen and oxygen atoms in total. The second-order valence-corrected chi connectivity index (χ2v) is 7.59. The number of carbonyl (C=O) groups excluding carboxylic acids is 1. The van der Waals surface area contributed by atoms with Crippen molar-refractivity contribution in [3.63, 3.8) is 0 Å². The molecule has 0 spiro atoms. The number of aromatic nitrogens is 3. The van der Waals surface area contributed by atoms with Crippen LogP contribution in [0.3, 0.4) is 0 Å². The fraction of sp³-hybridized carbons (Fsp3) is 0.429. The fourth-order valence-electron chi connectivity index (χ4n) is 3.53. The molecule has 5 N–H and O–H groups in total. The zero-order valence-electron chi connectivity index (χ0n) is 17.7. The maximum atomic E-state index is 12.7. The number of hydrogen-bond acceptors (Lipinski definition) is 10. The van der Waals surface area contributed by atoms with E-state index >= 15 is 0 Å². The van der Waals surface area contributed by atoms with Gasteiger partial charge in [-0.2, -0.15) is 0 Å². The van der Waals surface area contributed by atoms with Crippen LogP contribution in [0, 0.1) is 5.92 Å². The number of nitrogens with zero attached hydrogens (tertiary/aromatic N) is 3. The van der Waals surface area contributed by atoms with Gasteiger partial charge in [0.25, 0.3) is 0 Å². The summed E-state index contributed by atoms with van der Waals surface area (Å²) in [4.78, 5) is 23.9. The Morgan fingerprint density at radius 2 is 1.94 bits per heavy atom. The standard InChI is InChI=1S/C21H25N3O9/c1-32-13-4-2-11(3-5-13)15-9-24(23-22-15)8-12(26)6-14-16(27)7-18(21(30)31)33-20(14)19(29)17(28)10-25/h2-5,7,9,14,16-17,19-20,25,27-29H,6,8,10H2,1H3,(H,30,31)/t14-,16-,17?,19?,20?/m1/s1. The van der Waals surface area contributed by atoms with Crippen LogP contribution in [0.4, 0.5) is 0 Å². The van der Waals surface area contributed by atoms with Gasteiger partial charge < -0.3 is 35.0 Å². The Balaban J connectivity index is 1.72. The Morgan fingerprint density at radius 3 is 2.55 bits per heavy atom. The third-order valence-electron chi connectivity index (χ3n) is 5.30. The molecule has 3 rings (SSSR count). The highest BCUT2D eigenvalue weighted by Crippen LogP contribution is 2.30. The molecule has 2 heterocycles. The van der Waals surface area contributed by atoms with Gasteiger partial charge in [-0.25, -0.2) is 9.48 Å². The van der Waals surface area contributed by atoms with Gasteiger partial charge in [0.1, 0.15) is 36.3 Å². The molecule has 0 fully saturated rings. The summed E-state index contributed by atoms with van der Waals surface area (Å²) in [6, 6.07) is 7.09. The van der Waals surface area contributed by atoms with Gasteiger partial charge in [0.15, 0.2) is 5.78 Å². The molecule has 0 aliphatic carbocycles. The lowest BCUT2D eigenvalue weighted by molar-refractivity contribution is -0.154. The van der Waals surface area contributed by atoms with Crippen LogP contribution in [-0.4, -0.2) is 90.4 Å². The van der Waals surface area contributed by atoms with E-state index in [9.17, 15) is 24.9 Å². The van der Waals surface area contributed by atoms with Crippen LogP contribution in [0.25, 0.3) is 11.3 Å². The van der Waals surface area contributed by atoms with Crippen molar-refractivity contribution in [2.75, 3.05) is 13.7 Å². The number of aliphatic hydroxyl groups excluding tert-OH is 4. The van der Waals surface area contributed by atoms with Gasteiger partial charge in [-0.3, -0.25) is 4.79 Å². The van der Waals surface area contributed by atoms with Crippen molar-refractivity contribution in [2.24, 2.45) is 5.92 Å². The third-order valence-corrected chi connectivity index (χ3v) is 5.30. The van der Waals surface area contributed by atoms with Gasteiger partial charge in [0.2, 0.25) is 5.76 Å². The van der Waals surface area contributed by atoms with Crippen LogP contribution < -0.4 is 4.74 Å². The Morgan fingerprint density at radius 1 is 1.24 bits per heavy atom. The molecule has 2 aromatic rings. The van der Waals surface area contributed by atoms with Gasteiger partial charge >= 0.3 is 5.97 Å². The van der Waals surface area contributed by atoms with E-state index in [0.717, 1.165) is 11.6 Å². The van der Waals surface area contributed by atoms with E-state index in [1.807, 2.05) is 0 Å². The molecule has 5 atom stereocenters. The third kappa shape index (κ3) is 5.73. The first-order valence-electron chi connectivity index (χ1n) is 10.1. The van der Waals surface area contributed by atoms with Crippen LogP contribution in [0.1, 0.15) is 6.42 Å². The molecule has 0 bridgehead atoms. The summed E-state index contributed by atoms with van der Waals surface area (Å²) in [6.07, 6.45) is -4.10. The lowest BCUT2D eigenvalue weighted by Crippen LogP contribution is -2.51. The quantitative estimate of drug-likeness (QED) is 0.290. The maximum Gasteiger partial charge on any atom is 0.370 e. The first-order chi connectivity index (χ1) is 15.7. The number of rotatable bonds is 10. The molecule has 12 heteroatoms. The van der Waals surface area contributed by atoms with Gasteiger partial charge in [-0.1, -0.05) is 5.21 Å². The lowest BCUT2D eigenvalue weighted by atomic mass is 9.84. The first kappa shape index (κ1) is 24.3. The molecule has 1 aromatic carbocycles. The summed E-state index contributed by atoms with van der Waals surface area (Å²) in [7, 11) is 1.55. The van der Waals surface area contributed by atoms with E-state index in [1.165, 1.54) is 4.68 Å².